The quantitative estimate of drug-likeness (QED) is 0.883. The van der Waals surface area contributed by atoms with Crippen LogP contribution in [0.15, 0.2) is 18.2 Å². The minimum atomic E-state index is -0.422. The van der Waals surface area contributed by atoms with E-state index in [0.29, 0.717) is 30.8 Å². The van der Waals surface area contributed by atoms with Gasteiger partial charge in [0.05, 0.1) is 11.6 Å². The van der Waals surface area contributed by atoms with Gasteiger partial charge in [0.25, 0.3) is 0 Å². The van der Waals surface area contributed by atoms with Crippen LogP contribution in [0.5, 0.6) is 0 Å². The van der Waals surface area contributed by atoms with Crippen molar-refractivity contribution in [3.8, 4) is 6.07 Å². The van der Waals surface area contributed by atoms with Crippen LogP contribution in [0.25, 0.3) is 0 Å². The van der Waals surface area contributed by atoms with Crippen LogP contribution in [0.4, 0.5) is 4.39 Å². The molecule has 0 radical (unpaired) electrons. The summed E-state index contributed by atoms with van der Waals surface area (Å²) in [4.78, 5) is 15.8. The summed E-state index contributed by atoms with van der Waals surface area (Å²) in [7, 11) is 3.45. The molecular weight excluding hydrogens is 271 g/mol. The Morgan fingerprint density at radius 1 is 1.52 bits per heavy atom. The molecule has 1 heterocycles. The van der Waals surface area contributed by atoms with Crippen LogP contribution in [-0.4, -0.2) is 55.5 Å². The van der Waals surface area contributed by atoms with Crippen molar-refractivity contribution < 1.29 is 9.18 Å². The number of likely N-dealkylation sites (N-methyl/N-ethyl adjacent to an activating group) is 1. The van der Waals surface area contributed by atoms with Crippen molar-refractivity contribution in [2.75, 3.05) is 33.7 Å². The van der Waals surface area contributed by atoms with Crippen molar-refractivity contribution in [1.29, 1.82) is 5.26 Å². The Labute approximate surface area is 123 Å². The minimum Gasteiger partial charge on any atom is -0.347 e. The minimum absolute atomic E-state index is 0.0270. The Morgan fingerprint density at radius 2 is 2.29 bits per heavy atom. The van der Waals surface area contributed by atoms with Gasteiger partial charge in [0.1, 0.15) is 11.9 Å². The molecule has 5 nitrogen and oxygen atoms in total. The standard InChI is InChI=1S/C15H19FN4O/c1-19(2)15(21)14-9-18-3-4-20(14)10-12-5-11(8-17)6-13(16)7-12/h5-7,14,18H,3-4,9-10H2,1-2H3. The number of nitriles is 1. The Hall–Kier alpha value is -1.97. The van der Waals surface area contributed by atoms with Gasteiger partial charge in [-0.3, -0.25) is 9.69 Å². The molecule has 1 aliphatic rings. The summed E-state index contributed by atoms with van der Waals surface area (Å²) in [6, 6.07) is 5.99. The molecule has 0 bridgehead atoms. The maximum absolute atomic E-state index is 13.5. The van der Waals surface area contributed by atoms with E-state index >= 15 is 0 Å². The molecule has 0 aromatic heterocycles. The highest BCUT2D eigenvalue weighted by atomic mass is 19.1. The molecule has 112 valence electrons. The normalized spacial score (nSPS) is 19.0. The molecule has 1 unspecified atom stereocenters. The third-order valence-corrected chi connectivity index (χ3v) is 3.55. The summed E-state index contributed by atoms with van der Waals surface area (Å²) in [5, 5.41) is 12.1. The van der Waals surface area contributed by atoms with Crippen LogP contribution in [-0.2, 0) is 11.3 Å². The smallest absolute Gasteiger partial charge is 0.240 e. The highest BCUT2D eigenvalue weighted by molar-refractivity contribution is 5.81. The molecule has 2 rings (SSSR count). The Morgan fingerprint density at radius 3 is 2.95 bits per heavy atom. The fourth-order valence-corrected chi connectivity index (χ4v) is 2.52. The molecule has 0 spiro atoms. The summed E-state index contributed by atoms with van der Waals surface area (Å²) in [6.07, 6.45) is 0. The summed E-state index contributed by atoms with van der Waals surface area (Å²) in [5.74, 6) is -0.395. The predicted octanol–water partition coefficient (Wildman–Crippen LogP) is 0.559. The van der Waals surface area contributed by atoms with Gasteiger partial charge in [0.2, 0.25) is 5.91 Å². The van der Waals surface area contributed by atoms with Crippen LogP contribution in [0.3, 0.4) is 0 Å². The van der Waals surface area contributed by atoms with Crippen molar-refractivity contribution >= 4 is 5.91 Å². The number of carbonyl (C=O) groups is 1. The third kappa shape index (κ3) is 3.78. The second kappa shape index (κ2) is 6.66. The second-order valence-corrected chi connectivity index (χ2v) is 5.38. The zero-order valence-corrected chi connectivity index (χ0v) is 12.3. The van der Waals surface area contributed by atoms with Crippen LogP contribution < -0.4 is 5.32 Å². The number of hydrogen-bond donors (Lipinski definition) is 1. The molecule has 1 atom stereocenters. The van der Waals surface area contributed by atoms with E-state index < -0.39 is 5.82 Å². The number of hydrogen-bond acceptors (Lipinski definition) is 4. The molecular formula is C15H19FN4O. The monoisotopic (exact) mass is 290 g/mol. The maximum atomic E-state index is 13.5. The first-order valence-electron chi connectivity index (χ1n) is 6.87. The lowest BCUT2D eigenvalue weighted by Crippen LogP contribution is -2.57. The van der Waals surface area contributed by atoms with Gasteiger partial charge in [-0.1, -0.05) is 0 Å². The van der Waals surface area contributed by atoms with Crippen molar-refractivity contribution in [2.24, 2.45) is 0 Å². The highest BCUT2D eigenvalue weighted by Crippen LogP contribution is 2.15. The molecule has 6 heteroatoms. The summed E-state index contributed by atoms with van der Waals surface area (Å²) < 4.78 is 13.5. The molecule has 1 aromatic carbocycles. The lowest BCUT2D eigenvalue weighted by Gasteiger charge is -2.36. The predicted molar refractivity (Wildman–Crippen MR) is 76.9 cm³/mol. The average molecular weight is 290 g/mol. The number of rotatable bonds is 3. The van der Waals surface area contributed by atoms with E-state index in [4.69, 9.17) is 5.26 Å². The van der Waals surface area contributed by atoms with E-state index in [1.807, 2.05) is 11.0 Å². The van der Waals surface area contributed by atoms with Gasteiger partial charge >= 0.3 is 0 Å². The number of nitrogens with zero attached hydrogens (tertiary/aromatic N) is 3. The van der Waals surface area contributed by atoms with Gasteiger partial charge in [0.15, 0.2) is 0 Å². The maximum Gasteiger partial charge on any atom is 0.240 e. The van der Waals surface area contributed by atoms with E-state index in [9.17, 15) is 9.18 Å². The molecule has 1 amide bonds. The van der Waals surface area contributed by atoms with E-state index in [0.717, 1.165) is 6.54 Å². The number of nitrogens with one attached hydrogen (secondary N) is 1. The first-order chi connectivity index (χ1) is 10.0. The average Bonchev–Trinajstić information content (AvgIpc) is 2.46. The third-order valence-electron chi connectivity index (χ3n) is 3.55. The van der Waals surface area contributed by atoms with Crippen LogP contribution in [0.1, 0.15) is 11.1 Å². The van der Waals surface area contributed by atoms with E-state index in [1.165, 1.54) is 12.1 Å². The van der Waals surface area contributed by atoms with E-state index in [2.05, 4.69) is 5.32 Å². The molecule has 1 fully saturated rings. The lowest BCUT2D eigenvalue weighted by molar-refractivity contribution is -0.135. The molecule has 0 saturated carbocycles. The Balaban J connectivity index is 2.18. The van der Waals surface area contributed by atoms with Gasteiger partial charge in [-0.25, -0.2) is 4.39 Å². The fourth-order valence-electron chi connectivity index (χ4n) is 2.52. The number of piperazine rings is 1. The first-order valence-corrected chi connectivity index (χ1v) is 6.87. The van der Waals surface area contributed by atoms with Gasteiger partial charge in [0, 0.05) is 40.3 Å². The van der Waals surface area contributed by atoms with E-state index in [-0.39, 0.29) is 11.9 Å². The number of amides is 1. The van der Waals surface area contributed by atoms with Crippen molar-refractivity contribution in [2.45, 2.75) is 12.6 Å². The van der Waals surface area contributed by atoms with Crippen LogP contribution in [0.2, 0.25) is 0 Å². The number of carbonyl (C=O) groups excluding carboxylic acids is 1. The largest absolute Gasteiger partial charge is 0.347 e. The molecule has 0 aliphatic carbocycles. The Bertz CT molecular complexity index is 567. The summed E-state index contributed by atoms with van der Waals surface area (Å²) in [6.45, 7) is 2.54. The zero-order valence-electron chi connectivity index (χ0n) is 12.3. The fraction of sp³-hybridized carbons (Fsp3) is 0.467. The van der Waals surface area contributed by atoms with Gasteiger partial charge in [-0.15, -0.1) is 0 Å². The number of benzene rings is 1. The van der Waals surface area contributed by atoms with Gasteiger partial charge < -0.3 is 10.2 Å². The number of halogens is 1. The van der Waals surface area contributed by atoms with Crippen LogP contribution in [0, 0.1) is 17.1 Å². The van der Waals surface area contributed by atoms with Gasteiger partial charge in [-0.05, 0) is 23.8 Å². The molecule has 1 aliphatic heterocycles. The summed E-state index contributed by atoms with van der Waals surface area (Å²) in [5.41, 5.74) is 1.01. The van der Waals surface area contributed by atoms with Crippen molar-refractivity contribution in [3.05, 3.63) is 35.1 Å². The highest BCUT2D eigenvalue weighted by Gasteiger charge is 2.29. The molecule has 1 saturated heterocycles. The zero-order chi connectivity index (χ0) is 15.4. The van der Waals surface area contributed by atoms with E-state index in [1.54, 1.807) is 25.1 Å². The first kappa shape index (κ1) is 15.4. The topological polar surface area (TPSA) is 59.4 Å². The van der Waals surface area contributed by atoms with Crippen molar-refractivity contribution in [1.82, 2.24) is 15.1 Å². The molecule has 1 N–H and O–H groups in total. The lowest BCUT2D eigenvalue weighted by atomic mass is 10.1. The second-order valence-electron chi connectivity index (χ2n) is 5.38. The molecule has 21 heavy (non-hydrogen) atoms. The SMILES string of the molecule is CN(C)C(=O)C1CNCCN1Cc1cc(F)cc(C#N)c1. The molecule has 1 aromatic rings. The summed E-state index contributed by atoms with van der Waals surface area (Å²) >= 11 is 0. The Kier molecular flexibility index (Phi) is 4.89. The van der Waals surface area contributed by atoms with Gasteiger partial charge in [-0.2, -0.15) is 5.26 Å². The van der Waals surface area contributed by atoms with Crippen LogP contribution >= 0.6 is 0 Å². The van der Waals surface area contributed by atoms with Crippen molar-refractivity contribution in [3.63, 3.8) is 0 Å².